The minimum Gasteiger partial charge on any atom is -0.481 e. The molecule has 3 nitrogen and oxygen atoms in total. The number of hydrogen-bond acceptors (Lipinski definition) is 2. The number of hydrogen-bond donors (Lipinski definition) is 0. The molecule has 4 heteroatoms. The van der Waals surface area contributed by atoms with Gasteiger partial charge in [-0.3, -0.25) is 4.79 Å². The molecule has 0 aliphatic carbocycles. The van der Waals surface area contributed by atoms with Crippen molar-refractivity contribution < 1.29 is 13.9 Å². The minimum atomic E-state index is -0.383. The van der Waals surface area contributed by atoms with Crippen LogP contribution in [0.4, 0.5) is 4.39 Å². The van der Waals surface area contributed by atoms with Crippen LogP contribution in [-0.2, 0) is 4.79 Å². The molecule has 0 unspecified atom stereocenters. The first-order valence-electron chi connectivity index (χ1n) is 6.84. The van der Waals surface area contributed by atoms with Gasteiger partial charge < -0.3 is 9.64 Å². The second-order valence-electron chi connectivity index (χ2n) is 4.97. The zero-order chi connectivity index (χ0) is 13.7. The predicted molar refractivity (Wildman–Crippen MR) is 71.7 cm³/mol. The summed E-state index contributed by atoms with van der Waals surface area (Å²) in [4.78, 5) is 13.8. The smallest absolute Gasteiger partial charge is 0.260 e. The predicted octanol–water partition coefficient (Wildman–Crippen LogP) is 2.92. The lowest BCUT2D eigenvalue weighted by molar-refractivity contribution is -0.133. The van der Waals surface area contributed by atoms with Crippen molar-refractivity contribution in [3.05, 3.63) is 29.6 Å². The number of benzene rings is 1. The zero-order valence-electron chi connectivity index (χ0n) is 11.3. The van der Waals surface area contributed by atoms with Crippen molar-refractivity contribution in [2.75, 3.05) is 19.7 Å². The SMILES string of the molecule is Cc1cccc(OCC(=O)N2CCCCCC2)c1F. The molecule has 0 spiro atoms. The number of ether oxygens (including phenoxy) is 1. The molecule has 1 amide bonds. The van der Waals surface area contributed by atoms with Gasteiger partial charge in [0.05, 0.1) is 0 Å². The standard InChI is InChI=1S/C15H20FNO2/c1-12-7-6-8-13(15(12)16)19-11-14(18)17-9-4-2-3-5-10-17/h6-8H,2-5,9-11H2,1H3. The second-order valence-corrected chi connectivity index (χ2v) is 4.97. The number of carbonyl (C=O) groups excluding carboxylic acids is 1. The van der Waals surface area contributed by atoms with Crippen LogP contribution in [0.25, 0.3) is 0 Å². The number of halogens is 1. The highest BCUT2D eigenvalue weighted by Crippen LogP contribution is 2.19. The molecule has 0 atom stereocenters. The number of likely N-dealkylation sites (tertiary alicyclic amines) is 1. The first-order chi connectivity index (χ1) is 9.18. The van der Waals surface area contributed by atoms with Gasteiger partial charge in [-0.2, -0.15) is 0 Å². The van der Waals surface area contributed by atoms with Crippen molar-refractivity contribution in [1.29, 1.82) is 0 Å². The Morgan fingerprint density at radius 2 is 1.95 bits per heavy atom. The van der Waals surface area contributed by atoms with E-state index in [0.29, 0.717) is 5.56 Å². The maximum atomic E-state index is 13.7. The van der Waals surface area contributed by atoms with Crippen LogP contribution in [0.15, 0.2) is 18.2 Å². The van der Waals surface area contributed by atoms with Gasteiger partial charge in [-0.25, -0.2) is 4.39 Å². The van der Waals surface area contributed by atoms with E-state index in [4.69, 9.17) is 4.74 Å². The number of nitrogens with zero attached hydrogens (tertiary/aromatic N) is 1. The van der Waals surface area contributed by atoms with Gasteiger partial charge in [0.25, 0.3) is 5.91 Å². The normalized spacial score (nSPS) is 16.0. The van der Waals surface area contributed by atoms with Gasteiger partial charge in [0.2, 0.25) is 0 Å². The third-order valence-electron chi connectivity index (χ3n) is 3.47. The Morgan fingerprint density at radius 1 is 1.26 bits per heavy atom. The Balaban J connectivity index is 1.90. The average Bonchev–Trinajstić information content (AvgIpc) is 2.69. The van der Waals surface area contributed by atoms with E-state index in [-0.39, 0.29) is 24.1 Å². The van der Waals surface area contributed by atoms with Crippen molar-refractivity contribution in [3.8, 4) is 5.75 Å². The van der Waals surface area contributed by atoms with Crippen molar-refractivity contribution >= 4 is 5.91 Å². The van der Waals surface area contributed by atoms with Crippen molar-refractivity contribution in [2.24, 2.45) is 0 Å². The van der Waals surface area contributed by atoms with Gasteiger partial charge in [-0.15, -0.1) is 0 Å². The van der Waals surface area contributed by atoms with Crippen molar-refractivity contribution in [1.82, 2.24) is 4.90 Å². The summed E-state index contributed by atoms with van der Waals surface area (Å²) in [5, 5.41) is 0. The Hall–Kier alpha value is -1.58. The Bertz CT molecular complexity index is 440. The summed E-state index contributed by atoms with van der Waals surface area (Å²) < 4.78 is 19.0. The van der Waals surface area contributed by atoms with Crippen LogP contribution < -0.4 is 4.74 Å². The molecular weight excluding hydrogens is 245 g/mol. The van der Waals surface area contributed by atoms with Crippen LogP contribution in [0.5, 0.6) is 5.75 Å². The molecular formula is C15H20FNO2. The van der Waals surface area contributed by atoms with Crippen LogP contribution in [0.2, 0.25) is 0 Å². The highest BCUT2D eigenvalue weighted by molar-refractivity contribution is 5.77. The second kappa shape index (κ2) is 6.55. The van der Waals surface area contributed by atoms with Gasteiger partial charge >= 0.3 is 0 Å². The summed E-state index contributed by atoms with van der Waals surface area (Å²) in [5.74, 6) is -0.280. The first kappa shape index (κ1) is 13.8. The van der Waals surface area contributed by atoms with Gasteiger partial charge in [0, 0.05) is 13.1 Å². The van der Waals surface area contributed by atoms with E-state index in [0.717, 1.165) is 25.9 Å². The number of amides is 1. The van der Waals surface area contributed by atoms with Crippen LogP contribution in [0.3, 0.4) is 0 Å². The fraction of sp³-hybridized carbons (Fsp3) is 0.533. The minimum absolute atomic E-state index is 0.0530. The van der Waals surface area contributed by atoms with Gasteiger partial charge in [0.1, 0.15) is 0 Å². The maximum absolute atomic E-state index is 13.7. The topological polar surface area (TPSA) is 29.5 Å². The van der Waals surface area contributed by atoms with Crippen LogP contribution in [-0.4, -0.2) is 30.5 Å². The highest BCUT2D eigenvalue weighted by Gasteiger charge is 2.16. The van der Waals surface area contributed by atoms with E-state index >= 15 is 0 Å². The number of rotatable bonds is 3. The molecule has 2 rings (SSSR count). The third-order valence-corrected chi connectivity index (χ3v) is 3.47. The quantitative estimate of drug-likeness (QED) is 0.841. The molecule has 0 radical (unpaired) electrons. The van der Waals surface area contributed by atoms with E-state index in [1.807, 2.05) is 4.90 Å². The summed E-state index contributed by atoms with van der Waals surface area (Å²) in [6.07, 6.45) is 4.45. The van der Waals surface area contributed by atoms with Crippen LogP contribution in [0, 0.1) is 12.7 Å². The fourth-order valence-electron chi connectivity index (χ4n) is 2.28. The molecule has 0 N–H and O–H groups in total. The highest BCUT2D eigenvalue weighted by atomic mass is 19.1. The van der Waals surface area contributed by atoms with Crippen molar-refractivity contribution in [2.45, 2.75) is 32.6 Å². The van der Waals surface area contributed by atoms with E-state index < -0.39 is 0 Å². The molecule has 1 aromatic carbocycles. The number of carbonyl (C=O) groups is 1. The van der Waals surface area contributed by atoms with Gasteiger partial charge in [-0.1, -0.05) is 25.0 Å². The van der Waals surface area contributed by atoms with Crippen molar-refractivity contribution in [3.63, 3.8) is 0 Å². The monoisotopic (exact) mass is 265 g/mol. The molecule has 1 aliphatic rings. The largest absolute Gasteiger partial charge is 0.481 e. The Labute approximate surface area is 113 Å². The molecule has 1 aliphatic heterocycles. The van der Waals surface area contributed by atoms with E-state index in [1.54, 1.807) is 25.1 Å². The Kier molecular flexibility index (Phi) is 4.77. The lowest BCUT2D eigenvalue weighted by Gasteiger charge is -2.20. The van der Waals surface area contributed by atoms with E-state index in [1.165, 1.54) is 12.8 Å². The Morgan fingerprint density at radius 3 is 2.63 bits per heavy atom. The van der Waals surface area contributed by atoms with Crippen LogP contribution >= 0.6 is 0 Å². The molecule has 1 saturated heterocycles. The molecule has 1 aromatic rings. The maximum Gasteiger partial charge on any atom is 0.260 e. The first-order valence-corrected chi connectivity index (χ1v) is 6.84. The summed E-state index contributed by atoms with van der Waals surface area (Å²) in [6.45, 7) is 3.18. The molecule has 104 valence electrons. The summed E-state index contributed by atoms with van der Waals surface area (Å²) in [5.41, 5.74) is 0.528. The third kappa shape index (κ3) is 3.69. The molecule has 19 heavy (non-hydrogen) atoms. The van der Waals surface area contributed by atoms with Gasteiger partial charge in [0.15, 0.2) is 18.2 Å². The van der Waals surface area contributed by atoms with E-state index in [9.17, 15) is 9.18 Å². The summed E-state index contributed by atoms with van der Waals surface area (Å²) in [7, 11) is 0. The summed E-state index contributed by atoms with van der Waals surface area (Å²) in [6, 6.07) is 4.96. The molecule has 1 heterocycles. The lowest BCUT2D eigenvalue weighted by atomic mass is 10.2. The molecule has 0 saturated carbocycles. The zero-order valence-corrected chi connectivity index (χ0v) is 11.3. The van der Waals surface area contributed by atoms with Gasteiger partial charge in [-0.05, 0) is 31.4 Å². The lowest BCUT2D eigenvalue weighted by Crippen LogP contribution is -2.35. The molecule has 0 bridgehead atoms. The van der Waals surface area contributed by atoms with Crippen LogP contribution in [0.1, 0.15) is 31.2 Å². The number of aryl methyl sites for hydroxylation is 1. The summed E-state index contributed by atoms with van der Waals surface area (Å²) >= 11 is 0. The molecule has 0 aromatic heterocycles. The van der Waals surface area contributed by atoms with E-state index in [2.05, 4.69) is 0 Å². The fourth-order valence-corrected chi connectivity index (χ4v) is 2.28. The average molecular weight is 265 g/mol. The molecule has 1 fully saturated rings.